The number of nitrogens with zero attached hydrogens (tertiary/aromatic N) is 2. The maximum absolute atomic E-state index is 12.1. The molecular formula is C19H20N4O4. The van der Waals surface area contributed by atoms with Gasteiger partial charge in [0.25, 0.3) is 5.91 Å². The Labute approximate surface area is 156 Å². The van der Waals surface area contributed by atoms with E-state index < -0.39 is 0 Å². The van der Waals surface area contributed by atoms with Crippen LogP contribution in [-0.2, 0) is 13.1 Å². The van der Waals surface area contributed by atoms with Gasteiger partial charge in [-0.1, -0.05) is 6.07 Å². The van der Waals surface area contributed by atoms with Gasteiger partial charge < -0.3 is 24.5 Å². The van der Waals surface area contributed by atoms with Gasteiger partial charge in [-0.15, -0.1) is 10.2 Å². The topological polar surface area (TPSA) is 98.5 Å². The summed E-state index contributed by atoms with van der Waals surface area (Å²) < 4.78 is 15.7. The second-order valence-corrected chi connectivity index (χ2v) is 5.61. The number of aromatic nitrogens is 2. The van der Waals surface area contributed by atoms with Gasteiger partial charge in [-0.3, -0.25) is 4.79 Å². The normalized spacial score (nSPS) is 10.3. The van der Waals surface area contributed by atoms with Crippen LogP contribution >= 0.6 is 0 Å². The van der Waals surface area contributed by atoms with Crippen LogP contribution in [0.1, 0.15) is 21.8 Å². The van der Waals surface area contributed by atoms with Crippen LogP contribution in [-0.4, -0.2) is 30.3 Å². The molecule has 2 heterocycles. The minimum Gasteiger partial charge on any atom is -0.493 e. The molecule has 0 spiro atoms. The molecule has 27 heavy (non-hydrogen) atoms. The molecule has 8 nitrogen and oxygen atoms in total. The zero-order valence-corrected chi connectivity index (χ0v) is 15.1. The van der Waals surface area contributed by atoms with Crippen LogP contribution in [0.2, 0.25) is 0 Å². The standard InChI is InChI=1S/C19H20N4O4/c1-25-16-7-5-13(10-17(16)26-2)11-20-18-8-6-15(22-23-18)19(24)21-12-14-4-3-9-27-14/h3-10H,11-12H2,1-2H3,(H,20,23)(H,21,24). The fourth-order valence-electron chi connectivity index (χ4n) is 2.40. The first-order valence-corrected chi connectivity index (χ1v) is 8.28. The second kappa shape index (κ2) is 8.70. The van der Waals surface area contributed by atoms with Crippen molar-refractivity contribution >= 4 is 11.7 Å². The molecule has 0 aliphatic carbocycles. The number of rotatable bonds is 8. The van der Waals surface area contributed by atoms with E-state index in [4.69, 9.17) is 13.9 Å². The molecule has 0 aliphatic heterocycles. The van der Waals surface area contributed by atoms with Gasteiger partial charge in [0.1, 0.15) is 11.6 Å². The van der Waals surface area contributed by atoms with Crippen molar-refractivity contribution in [2.24, 2.45) is 0 Å². The Kier molecular flexibility index (Phi) is 5.88. The van der Waals surface area contributed by atoms with Gasteiger partial charge in [-0.2, -0.15) is 0 Å². The van der Waals surface area contributed by atoms with Gasteiger partial charge in [0, 0.05) is 6.54 Å². The van der Waals surface area contributed by atoms with Gasteiger partial charge in [0.2, 0.25) is 0 Å². The molecule has 2 N–H and O–H groups in total. The highest BCUT2D eigenvalue weighted by Crippen LogP contribution is 2.27. The summed E-state index contributed by atoms with van der Waals surface area (Å²) in [5, 5.41) is 13.9. The largest absolute Gasteiger partial charge is 0.493 e. The lowest BCUT2D eigenvalue weighted by Gasteiger charge is -2.10. The molecule has 0 unspecified atom stereocenters. The summed E-state index contributed by atoms with van der Waals surface area (Å²) >= 11 is 0. The van der Waals surface area contributed by atoms with Crippen LogP contribution in [0.4, 0.5) is 5.82 Å². The number of amides is 1. The van der Waals surface area contributed by atoms with Gasteiger partial charge >= 0.3 is 0 Å². The van der Waals surface area contributed by atoms with Crippen LogP contribution in [0.25, 0.3) is 0 Å². The lowest BCUT2D eigenvalue weighted by atomic mass is 10.2. The van der Waals surface area contributed by atoms with Crippen molar-refractivity contribution in [1.29, 1.82) is 0 Å². The molecule has 0 bridgehead atoms. The monoisotopic (exact) mass is 368 g/mol. The van der Waals surface area contributed by atoms with Gasteiger partial charge in [0.05, 0.1) is 27.0 Å². The SMILES string of the molecule is COc1ccc(CNc2ccc(C(=O)NCc3ccco3)nn2)cc1OC. The number of furan rings is 1. The van der Waals surface area contributed by atoms with Gasteiger partial charge in [0.15, 0.2) is 17.2 Å². The number of hydrogen-bond acceptors (Lipinski definition) is 7. The van der Waals surface area contributed by atoms with E-state index >= 15 is 0 Å². The third-order valence-electron chi connectivity index (χ3n) is 3.82. The van der Waals surface area contributed by atoms with E-state index in [-0.39, 0.29) is 11.6 Å². The predicted molar refractivity (Wildman–Crippen MR) is 98.8 cm³/mol. The number of benzene rings is 1. The summed E-state index contributed by atoms with van der Waals surface area (Å²) in [6.07, 6.45) is 1.56. The van der Waals surface area contributed by atoms with Crippen molar-refractivity contribution in [2.75, 3.05) is 19.5 Å². The third-order valence-corrected chi connectivity index (χ3v) is 3.82. The van der Waals surface area contributed by atoms with Crippen molar-refractivity contribution in [3.05, 3.63) is 65.7 Å². The quantitative estimate of drug-likeness (QED) is 0.630. The van der Waals surface area contributed by atoms with Crippen molar-refractivity contribution in [1.82, 2.24) is 15.5 Å². The number of nitrogens with one attached hydrogen (secondary N) is 2. The summed E-state index contributed by atoms with van der Waals surface area (Å²) in [6.45, 7) is 0.825. The Morgan fingerprint density at radius 3 is 2.56 bits per heavy atom. The lowest BCUT2D eigenvalue weighted by Crippen LogP contribution is -2.24. The zero-order chi connectivity index (χ0) is 19.1. The molecular weight excluding hydrogens is 348 g/mol. The fourth-order valence-corrected chi connectivity index (χ4v) is 2.40. The molecule has 0 saturated carbocycles. The highest BCUT2D eigenvalue weighted by Gasteiger charge is 2.09. The van der Waals surface area contributed by atoms with E-state index in [1.54, 1.807) is 44.7 Å². The molecule has 0 radical (unpaired) electrons. The van der Waals surface area contributed by atoms with E-state index in [0.717, 1.165) is 5.56 Å². The average molecular weight is 368 g/mol. The molecule has 3 aromatic rings. The van der Waals surface area contributed by atoms with Crippen molar-refractivity contribution in [2.45, 2.75) is 13.1 Å². The van der Waals surface area contributed by atoms with Gasteiger partial charge in [-0.05, 0) is 42.0 Å². The van der Waals surface area contributed by atoms with Crippen molar-refractivity contribution in [3.8, 4) is 11.5 Å². The van der Waals surface area contributed by atoms with Crippen LogP contribution in [0, 0.1) is 0 Å². The van der Waals surface area contributed by atoms with Crippen LogP contribution in [0.15, 0.2) is 53.1 Å². The predicted octanol–water partition coefficient (Wildman–Crippen LogP) is 2.63. The van der Waals surface area contributed by atoms with E-state index in [2.05, 4.69) is 20.8 Å². The average Bonchev–Trinajstić information content (AvgIpc) is 3.24. The van der Waals surface area contributed by atoms with Crippen LogP contribution in [0.5, 0.6) is 11.5 Å². The molecule has 8 heteroatoms. The molecule has 1 amide bonds. The highest BCUT2D eigenvalue weighted by molar-refractivity contribution is 5.92. The molecule has 0 atom stereocenters. The molecule has 0 fully saturated rings. The first kappa shape index (κ1) is 18.2. The number of anilines is 1. The maximum atomic E-state index is 12.1. The van der Waals surface area contributed by atoms with Gasteiger partial charge in [-0.25, -0.2) is 0 Å². The van der Waals surface area contributed by atoms with E-state index in [9.17, 15) is 4.79 Å². The van der Waals surface area contributed by atoms with Crippen LogP contribution in [0.3, 0.4) is 0 Å². The molecule has 2 aromatic heterocycles. The Morgan fingerprint density at radius 1 is 1.04 bits per heavy atom. The Balaban J connectivity index is 1.55. The van der Waals surface area contributed by atoms with Crippen molar-refractivity contribution in [3.63, 3.8) is 0 Å². The van der Waals surface area contributed by atoms with Crippen molar-refractivity contribution < 1.29 is 18.7 Å². The molecule has 1 aromatic carbocycles. The third kappa shape index (κ3) is 4.75. The summed E-state index contributed by atoms with van der Waals surface area (Å²) in [7, 11) is 3.19. The first-order valence-electron chi connectivity index (χ1n) is 8.28. The zero-order valence-electron chi connectivity index (χ0n) is 15.1. The molecule has 0 saturated heterocycles. The fraction of sp³-hybridized carbons (Fsp3) is 0.211. The number of hydrogen-bond donors (Lipinski definition) is 2. The van der Waals surface area contributed by atoms with Crippen LogP contribution < -0.4 is 20.1 Å². The molecule has 3 rings (SSSR count). The Bertz CT molecular complexity index is 879. The Hall–Kier alpha value is -3.55. The number of carbonyl (C=O) groups excluding carboxylic acids is 1. The smallest absolute Gasteiger partial charge is 0.272 e. The summed E-state index contributed by atoms with van der Waals surface area (Å²) in [5.74, 6) is 2.25. The number of carbonyl (C=O) groups is 1. The lowest BCUT2D eigenvalue weighted by molar-refractivity contribution is 0.0942. The minimum absolute atomic E-state index is 0.234. The maximum Gasteiger partial charge on any atom is 0.272 e. The first-order chi connectivity index (χ1) is 13.2. The number of methoxy groups -OCH3 is 2. The summed E-state index contributed by atoms with van der Waals surface area (Å²) in [4.78, 5) is 12.1. The summed E-state index contributed by atoms with van der Waals surface area (Å²) in [6, 6.07) is 12.5. The van der Waals surface area contributed by atoms with E-state index in [1.807, 2.05) is 18.2 Å². The second-order valence-electron chi connectivity index (χ2n) is 5.61. The van der Waals surface area contributed by atoms with E-state index in [0.29, 0.717) is 36.2 Å². The minimum atomic E-state index is -0.314. The highest BCUT2D eigenvalue weighted by atomic mass is 16.5. The van der Waals surface area contributed by atoms with E-state index in [1.165, 1.54) is 0 Å². The summed E-state index contributed by atoms with van der Waals surface area (Å²) in [5.41, 5.74) is 1.23. The molecule has 140 valence electrons. The molecule has 0 aliphatic rings. The Morgan fingerprint density at radius 2 is 1.89 bits per heavy atom. The number of ether oxygens (including phenoxy) is 2.